The number of halogens is 1. The predicted molar refractivity (Wildman–Crippen MR) is 108 cm³/mol. The number of pyridine rings is 1. The van der Waals surface area contributed by atoms with E-state index in [1.807, 2.05) is 0 Å². The Hall–Kier alpha value is -2.59. The van der Waals surface area contributed by atoms with E-state index < -0.39 is 16.7 Å². The zero-order chi connectivity index (χ0) is 21.1. The number of rotatable bonds is 13. The van der Waals surface area contributed by atoms with Gasteiger partial charge in [-0.05, 0) is 43.3 Å². The maximum Gasteiger partial charge on any atom is 0.262 e. The van der Waals surface area contributed by atoms with Gasteiger partial charge >= 0.3 is 0 Å². The van der Waals surface area contributed by atoms with Crippen molar-refractivity contribution in [3.8, 4) is 17.5 Å². The molecule has 0 saturated carbocycles. The molecular formula is C19H26FN3O5S. The molecule has 0 amide bonds. The Morgan fingerprint density at radius 2 is 1.79 bits per heavy atom. The molecule has 0 saturated heterocycles. The van der Waals surface area contributed by atoms with Crippen molar-refractivity contribution in [3.05, 3.63) is 36.4 Å². The van der Waals surface area contributed by atoms with E-state index in [-0.39, 0.29) is 23.1 Å². The highest BCUT2D eigenvalue weighted by Gasteiger charge is 2.18. The van der Waals surface area contributed by atoms with Crippen LogP contribution < -0.4 is 24.2 Å². The van der Waals surface area contributed by atoms with E-state index in [9.17, 15) is 12.8 Å². The lowest BCUT2D eigenvalue weighted by Gasteiger charge is -2.13. The van der Waals surface area contributed by atoms with E-state index in [1.54, 1.807) is 6.07 Å². The van der Waals surface area contributed by atoms with Crippen LogP contribution in [0.2, 0.25) is 0 Å². The largest absolute Gasteiger partial charge is 0.491 e. The molecule has 1 heterocycles. The SMILES string of the molecule is CCCNCCOc1ccc(NS(=O)(=O)c2ccc(OCCF)cc2)c(OC)n1. The topological polar surface area (TPSA) is 98.8 Å². The molecule has 2 aromatic rings. The highest BCUT2D eigenvalue weighted by atomic mass is 32.2. The molecule has 8 nitrogen and oxygen atoms in total. The quantitative estimate of drug-likeness (QED) is 0.474. The minimum Gasteiger partial charge on any atom is -0.491 e. The normalized spacial score (nSPS) is 11.1. The zero-order valence-corrected chi connectivity index (χ0v) is 17.3. The third kappa shape index (κ3) is 7.06. The zero-order valence-electron chi connectivity index (χ0n) is 16.5. The number of hydrogen-bond acceptors (Lipinski definition) is 7. The van der Waals surface area contributed by atoms with Crippen LogP contribution in [0, 0.1) is 0 Å². The average Bonchev–Trinajstić information content (AvgIpc) is 2.73. The molecule has 0 atom stereocenters. The lowest BCUT2D eigenvalue weighted by atomic mass is 10.3. The van der Waals surface area contributed by atoms with Gasteiger partial charge in [-0.25, -0.2) is 12.8 Å². The summed E-state index contributed by atoms with van der Waals surface area (Å²) in [6.07, 6.45) is 1.04. The Morgan fingerprint density at radius 1 is 1.03 bits per heavy atom. The van der Waals surface area contributed by atoms with E-state index in [0.29, 0.717) is 24.8 Å². The number of sulfonamides is 1. The molecule has 0 spiro atoms. The van der Waals surface area contributed by atoms with Gasteiger partial charge in [-0.3, -0.25) is 4.72 Å². The number of ether oxygens (including phenoxy) is 3. The fourth-order valence-electron chi connectivity index (χ4n) is 2.34. The van der Waals surface area contributed by atoms with Gasteiger partial charge in [0, 0.05) is 12.6 Å². The van der Waals surface area contributed by atoms with Crippen molar-refractivity contribution in [1.29, 1.82) is 0 Å². The van der Waals surface area contributed by atoms with Crippen molar-refractivity contribution >= 4 is 15.7 Å². The second-order valence-electron chi connectivity index (χ2n) is 5.92. The molecule has 0 aliphatic carbocycles. The number of methoxy groups -OCH3 is 1. The molecule has 1 aromatic heterocycles. The number of nitrogens with zero attached hydrogens (tertiary/aromatic N) is 1. The third-order valence-electron chi connectivity index (χ3n) is 3.71. The molecule has 2 N–H and O–H groups in total. The first-order chi connectivity index (χ1) is 14.0. The van der Waals surface area contributed by atoms with Gasteiger partial charge in [0.25, 0.3) is 10.0 Å². The van der Waals surface area contributed by atoms with E-state index in [2.05, 4.69) is 21.9 Å². The first-order valence-corrected chi connectivity index (χ1v) is 10.7. The lowest BCUT2D eigenvalue weighted by Crippen LogP contribution is -2.21. The molecule has 0 unspecified atom stereocenters. The number of benzene rings is 1. The Kier molecular flexibility index (Phi) is 8.94. The van der Waals surface area contributed by atoms with Crippen LogP contribution >= 0.6 is 0 Å². The van der Waals surface area contributed by atoms with Gasteiger partial charge < -0.3 is 19.5 Å². The monoisotopic (exact) mass is 427 g/mol. The smallest absolute Gasteiger partial charge is 0.262 e. The minimum atomic E-state index is -3.87. The summed E-state index contributed by atoms with van der Waals surface area (Å²) in [4.78, 5) is 4.20. The van der Waals surface area contributed by atoms with Gasteiger partial charge in [-0.1, -0.05) is 6.92 Å². The first-order valence-electron chi connectivity index (χ1n) is 9.20. The maximum absolute atomic E-state index is 12.6. The lowest BCUT2D eigenvalue weighted by molar-refractivity contribution is 0.273. The summed E-state index contributed by atoms with van der Waals surface area (Å²) >= 11 is 0. The Morgan fingerprint density at radius 3 is 2.45 bits per heavy atom. The maximum atomic E-state index is 12.6. The molecule has 29 heavy (non-hydrogen) atoms. The molecule has 160 valence electrons. The number of nitrogens with one attached hydrogen (secondary N) is 2. The predicted octanol–water partition coefficient (Wildman–Crippen LogP) is 2.62. The van der Waals surface area contributed by atoms with Crippen LogP contribution in [0.25, 0.3) is 0 Å². The number of anilines is 1. The minimum absolute atomic E-state index is 0.0227. The second kappa shape index (κ2) is 11.4. The summed E-state index contributed by atoms with van der Waals surface area (Å²) < 4.78 is 55.7. The van der Waals surface area contributed by atoms with Crippen molar-refractivity contribution in [2.45, 2.75) is 18.2 Å². The third-order valence-corrected chi connectivity index (χ3v) is 5.09. The van der Waals surface area contributed by atoms with Gasteiger partial charge in [0.1, 0.15) is 31.3 Å². The Labute approximate surface area is 170 Å². The van der Waals surface area contributed by atoms with Crippen molar-refractivity contribution in [1.82, 2.24) is 10.3 Å². The number of alkyl halides is 1. The molecule has 0 fully saturated rings. The second-order valence-corrected chi connectivity index (χ2v) is 7.60. The van der Waals surface area contributed by atoms with Crippen LogP contribution in [0.1, 0.15) is 13.3 Å². The van der Waals surface area contributed by atoms with Gasteiger partial charge in [-0.15, -0.1) is 0 Å². The molecule has 0 radical (unpaired) electrons. The van der Waals surface area contributed by atoms with Crippen molar-refractivity contribution < 1.29 is 27.0 Å². The van der Waals surface area contributed by atoms with E-state index in [0.717, 1.165) is 13.0 Å². The summed E-state index contributed by atoms with van der Waals surface area (Å²) in [5.74, 6) is 0.809. The fraction of sp³-hybridized carbons (Fsp3) is 0.421. The standard InChI is InChI=1S/C19H26FN3O5S/c1-3-11-21-12-14-28-18-9-8-17(19(22-18)26-2)23-29(24,25)16-6-4-15(5-7-16)27-13-10-20/h4-9,21,23H,3,10-14H2,1-2H3. The van der Waals surface area contributed by atoms with Gasteiger partial charge in [0.05, 0.1) is 12.0 Å². The summed E-state index contributed by atoms with van der Waals surface area (Å²) in [5, 5.41) is 3.21. The van der Waals surface area contributed by atoms with Crippen LogP contribution in [0.15, 0.2) is 41.3 Å². The van der Waals surface area contributed by atoms with Crippen molar-refractivity contribution in [2.75, 3.05) is 44.8 Å². The van der Waals surface area contributed by atoms with E-state index >= 15 is 0 Å². The van der Waals surface area contributed by atoms with Crippen molar-refractivity contribution in [3.63, 3.8) is 0 Å². The highest BCUT2D eigenvalue weighted by molar-refractivity contribution is 7.92. The molecule has 0 aliphatic rings. The molecule has 10 heteroatoms. The fourth-order valence-corrected chi connectivity index (χ4v) is 3.40. The van der Waals surface area contributed by atoms with Crippen LogP contribution in [-0.4, -0.2) is 53.5 Å². The van der Waals surface area contributed by atoms with Crippen molar-refractivity contribution in [2.24, 2.45) is 0 Å². The van der Waals surface area contributed by atoms with Crippen LogP contribution in [0.4, 0.5) is 10.1 Å². The molecule has 2 rings (SSSR count). The first kappa shape index (κ1) is 22.7. The molecular weight excluding hydrogens is 401 g/mol. The molecule has 0 aliphatic heterocycles. The van der Waals surface area contributed by atoms with Crippen LogP contribution in [0.3, 0.4) is 0 Å². The molecule has 0 bridgehead atoms. The van der Waals surface area contributed by atoms with Gasteiger partial charge in [0.2, 0.25) is 11.8 Å². The molecule has 1 aromatic carbocycles. The summed E-state index contributed by atoms with van der Waals surface area (Å²) in [7, 11) is -2.48. The van der Waals surface area contributed by atoms with Gasteiger partial charge in [-0.2, -0.15) is 4.98 Å². The number of hydrogen-bond donors (Lipinski definition) is 2. The summed E-state index contributed by atoms with van der Waals surface area (Å²) in [6.45, 7) is 3.38. The Balaban J connectivity index is 2.05. The summed E-state index contributed by atoms with van der Waals surface area (Å²) in [5.41, 5.74) is 0.182. The average molecular weight is 427 g/mol. The van der Waals surface area contributed by atoms with Crippen LogP contribution in [0.5, 0.6) is 17.5 Å². The highest BCUT2D eigenvalue weighted by Crippen LogP contribution is 2.28. The Bertz CT molecular complexity index is 863. The van der Waals surface area contributed by atoms with Gasteiger partial charge in [0.15, 0.2) is 0 Å². The van der Waals surface area contributed by atoms with Crippen LogP contribution in [-0.2, 0) is 10.0 Å². The van der Waals surface area contributed by atoms with E-state index in [4.69, 9.17) is 14.2 Å². The number of aromatic nitrogens is 1. The van der Waals surface area contributed by atoms with E-state index in [1.165, 1.54) is 37.4 Å². The summed E-state index contributed by atoms with van der Waals surface area (Å²) in [6, 6.07) is 8.75.